The highest BCUT2D eigenvalue weighted by atomic mass is 16.6. The molecule has 0 aromatic carbocycles. The zero-order chi connectivity index (χ0) is 9.84. The van der Waals surface area contributed by atoms with Crippen molar-refractivity contribution in [3.05, 3.63) is 12.7 Å². The first-order chi connectivity index (χ1) is 6.17. The van der Waals surface area contributed by atoms with E-state index in [0.29, 0.717) is 0 Å². The van der Waals surface area contributed by atoms with Crippen molar-refractivity contribution in [2.75, 3.05) is 19.7 Å². The molecule has 0 aromatic rings. The number of ketones is 1. The molecule has 5 nitrogen and oxygen atoms in total. The third-order valence-corrected chi connectivity index (χ3v) is 1.73. The second-order valence-electron chi connectivity index (χ2n) is 2.74. The topological polar surface area (TPSA) is 66.8 Å². The molecule has 0 unspecified atom stereocenters. The van der Waals surface area contributed by atoms with E-state index in [-0.39, 0.29) is 25.5 Å². The minimum absolute atomic E-state index is 0.0289. The lowest BCUT2D eigenvalue weighted by atomic mass is 10.3. The summed E-state index contributed by atoms with van der Waals surface area (Å²) >= 11 is 0. The molecule has 0 radical (unpaired) electrons. The van der Waals surface area contributed by atoms with Crippen molar-refractivity contribution in [2.24, 2.45) is 0 Å². The van der Waals surface area contributed by atoms with Crippen LogP contribution in [0.3, 0.4) is 0 Å². The Morgan fingerprint density at radius 2 is 2.54 bits per heavy atom. The summed E-state index contributed by atoms with van der Waals surface area (Å²) in [6.07, 6.45) is 0.0823. The van der Waals surface area contributed by atoms with Crippen LogP contribution in [0.2, 0.25) is 0 Å². The van der Waals surface area contributed by atoms with Crippen LogP contribution in [0.5, 0.6) is 0 Å². The summed E-state index contributed by atoms with van der Waals surface area (Å²) in [5.74, 6) is -0.240. The predicted octanol–water partition coefficient (Wildman–Crippen LogP) is -0.445. The maximum Gasteiger partial charge on any atom is 0.410 e. The van der Waals surface area contributed by atoms with E-state index in [4.69, 9.17) is 9.84 Å². The number of carbonyl (C=O) groups is 2. The van der Waals surface area contributed by atoms with E-state index in [2.05, 4.69) is 6.58 Å². The average molecular weight is 185 g/mol. The molecule has 1 amide bonds. The van der Waals surface area contributed by atoms with E-state index in [0.717, 1.165) is 6.08 Å². The van der Waals surface area contributed by atoms with Gasteiger partial charge in [0, 0.05) is 0 Å². The summed E-state index contributed by atoms with van der Waals surface area (Å²) in [6, 6.07) is 0. The molecule has 0 spiro atoms. The van der Waals surface area contributed by atoms with Crippen LogP contribution in [0.4, 0.5) is 4.79 Å². The van der Waals surface area contributed by atoms with Gasteiger partial charge in [0.25, 0.3) is 0 Å². The van der Waals surface area contributed by atoms with Crippen LogP contribution in [0.15, 0.2) is 12.7 Å². The van der Waals surface area contributed by atoms with Crippen molar-refractivity contribution < 1.29 is 19.4 Å². The van der Waals surface area contributed by atoms with E-state index in [1.165, 1.54) is 4.90 Å². The molecule has 1 atom stereocenters. The molecule has 5 heteroatoms. The fraction of sp³-hybridized carbons (Fsp3) is 0.500. The van der Waals surface area contributed by atoms with E-state index in [9.17, 15) is 9.59 Å². The van der Waals surface area contributed by atoms with Crippen LogP contribution >= 0.6 is 0 Å². The van der Waals surface area contributed by atoms with Crippen molar-refractivity contribution in [3.8, 4) is 0 Å². The predicted molar refractivity (Wildman–Crippen MR) is 44.1 cm³/mol. The number of hydrogen-bond donors (Lipinski definition) is 1. The van der Waals surface area contributed by atoms with Crippen LogP contribution in [-0.2, 0) is 9.53 Å². The summed E-state index contributed by atoms with van der Waals surface area (Å²) in [6.45, 7) is 3.30. The van der Waals surface area contributed by atoms with Gasteiger partial charge in [0.05, 0.1) is 19.7 Å². The fourth-order valence-electron chi connectivity index (χ4n) is 1.05. The number of ether oxygens (including phenoxy) is 1. The number of rotatable bonds is 4. The van der Waals surface area contributed by atoms with Gasteiger partial charge >= 0.3 is 6.09 Å². The molecule has 0 saturated carbocycles. The van der Waals surface area contributed by atoms with Crippen LogP contribution < -0.4 is 0 Å². The van der Waals surface area contributed by atoms with Crippen LogP contribution in [-0.4, -0.2) is 47.7 Å². The second kappa shape index (κ2) is 4.04. The SMILES string of the molecule is C=CC(=O)CN1C[C@@H](CO)OC1=O. The van der Waals surface area contributed by atoms with Gasteiger partial charge in [0.1, 0.15) is 6.10 Å². The Bertz CT molecular complexity index is 238. The normalized spacial score (nSPS) is 21.5. The van der Waals surface area contributed by atoms with Crippen molar-refractivity contribution in [1.82, 2.24) is 4.90 Å². The second-order valence-corrected chi connectivity index (χ2v) is 2.74. The minimum Gasteiger partial charge on any atom is -0.442 e. The molecule has 1 saturated heterocycles. The Kier molecular flexibility index (Phi) is 3.02. The van der Waals surface area contributed by atoms with Crippen molar-refractivity contribution >= 4 is 11.9 Å². The lowest BCUT2D eigenvalue weighted by Gasteiger charge is -2.08. The summed E-state index contributed by atoms with van der Waals surface area (Å²) in [7, 11) is 0. The van der Waals surface area contributed by atoms with E-state index in [1.807, 2.05) is 0 Å². The lowest BCUT2D eigenvalue weighted by molar-refractivity contribution is -0.115. The molecule has 1 heterocycles. The first-order valence-corrected chi connectivity index (χ1v) is 3.89. The summed E-state index contributed by atoms with van der Waals surface area (Å²) in [5.41, 5.74) is 0. The zero-order valence-corrected chi connectivity index (χ0v) is 7.10. The van der Waals surface area contributed by atoms with Gasteiger partial charge in [0.15, 0.2) is 5.78 Å². The van der Waals surface area contributed by atoms with Gasteiger partial charge in [0.2, 0.25) is 0 Å². The molecule has 0 aromatic heterocycles. The highest BCUT2D eigenvalue weighted by Gasteiger charge is 2.31. The van der Waals surface area contributed by atoms with Gasteiger partial charge in [-0.05, 0) is 6.08 Å². The van der Waals surface area contributed by atoms with Crippen molar-refractivity contribution in [3.63, 3.8) is 0 Å². The monoisotopic (exact) mass is 185 g/mol. The molecule has 13 heavy (non-hydrogen) atoms. The number of aliphatic hydroxyl groups excluding tert-OH is 1. The third kappa shape index (κ3) is 2.29. The first-order valence-electron chi connectivity index (χ1n) is 3.89. The molecule has 72 valence electrons. The Balaban J connectivity index is 2.48. The number of amides is 1. The zero-order valence-electron chi connectivity index (χ0n) is 7.10. The number of carbonyl (C=O) groups excluding carboxylic acids is 2. The summed E-state index contributed by atoms with van der Waals surface area (Å²) < 4.78 is 4.72. The Labute approximate surface area is 75.6 Å². The lowest BCUT2D eigenvalue weighted by Crippen LogP contribution is -2.30. The number of cyclic esters (lactones) is 1. The summed E-state index contributed by atoms with van der Waals surface area (Å²) in [5, 5.41) is 8.68. The molecule has 0 bridgehead atoms. The van der Waals surface area contributed by atoms with E-state index >= 15 is 0 Å². The first kappa shape index (κ1) is 9.73. The number of nitrogens with zero attached hydrogens (tertiary/aromatic N) is 1. The molecular weight excluding hydrogens is 174 g/mol. The molecular formula is C8H11NO4. The van der Waals surface area contributed by atoms with Gasteiger partial charge in [-0.25, -0.2) is 4.79 Å². The molecule has 0 aliphatic carbocycles. The van der Waals surface area contributed by atoms with Crippen molar-refractivity contribution in [2.45, 2.75) is 6.10 Å². The molecule has 1 aliphatic rings. The standard InChI is InChI=1S/C8H11NO4/c1-2-6(11)3-9-4-7(5-10)13-8(9)12/h2,7,10H,1,3-5H2/t7-/m0/s1. The van der Waals surface area contributed by atoms with Crippen molar-refractivity contribution in [1.29, 1.82) is 0 Å². The highest BCUT2D eigenvalue weighted by Crippen LogP contribution is 2.09. The highest BCUT2D eigenvalue weighted by molar-refractivity contribution is 5.92. The fourth-order valence-corrected chi connectivity index (χ4v) is 1.05. The Hall–Kier alpha value is -1.36. The van der Waals surface area contributed by atoms with Crippen LogP contribution in [0.25, 0.3) is 0 Å². The maximum atomic E-state index is 11.0. The number of aliphatic hydroxyl groups is 1. The summed E-state index contributed by atoms with van der Waals surface area (Å²) in [4.78, 5) is 23.1. The molecule has 1 fully saturated rings. The smallest absolute Gasteiger partial charge is 0.410 e. The van der Waals surface area contributed by atoms with E-state index < -0.39 is 12.2 Å². The van der Waals surface area contributed by atoms with Gasteiger partial charge in [-0.2, -0.15) is 0 Å². The largest absolute Gasteiger partial charge is 0.442 e. The van der Waals surface area contributed by atoms with Gasteiger partial charge in [-0.15, -0.1) is 0 Å². The average Bonchev–Trinajstić information content (AvgIpc) is 2.47. The Morgan fingerprint density at radius 3 is 3.00 bits per heavy atom. The molecule has 1 aliphatic heterocycles. The van der Waals surface area contributed by atoms with Gasteiger partial charge < -0.3 is 9.84 Å². The van der Waals surface area contributed by atoms with Gasteiger partial charge in [-0.3, -0.25) is 9.69 Å². The quantitative estimate of drug-likeness (QED) is 0.602. The minimum atomic E-state index is -0.561. The number of hydrogen-bond acceptors (Lipinski definition) is 4. The third-order valence-electron chi connectivity index (χ3n) is 1.73. The van der Waals surface area contributed by atoms with Gasteiger partial charge in [-0.1, -0.05) is 6.58 Å². The van der Waals surface area contributed by atoms with Crippen LogP contribution in [0, 0.1) is 0 Å². The molecule has 1 rings (SSSR count). The van der Waals surface area contributed by atoms with Crippen LogP contribution in [0.1, 0.15) is 0 Å². The maximum absolute atomic E-state index is 11.0. The molecule has 1 N–H and O–H groups in total. The Morgan fingerprint density at radius 1 is 1.85 bits per heavy atom. The van der Waals surface area contributed by atoms with E-state index in [1.54, 1.807) is 0 Å².